The molecule has 174 valence electrons. The molecule has 0 radical (unpaired) electrons. The van der Waals surface area contributed by atoms with Gasteiger partial charge in [-0.2, -0.15) is 5.10 Å². The predicted molar refractivity (Wildman–Crippen MR) is 124 cm³/mol. The minimum atomic E-state index is -0.377. The molecule has 2 amide bonds. The molecule has 2 heterocycles. The Labute approximate surface area is 189 Å². The number of aromatic nitrogens is 2. The first-order valence-corrected chi connectivity index (χ1v) is 11.0. The number of benzene rings is 1. The summed E-state index contributed by atoms with van der Waals surface area (Å²) in [4.78, 5) is 28.2. The Morgan fingerprint density at radius 3 is 2.12 bits per heavy atom. The molecule has 1 aromatic heterocycles. The molecule has 1 fully saturated rings. The number of hydrogen-bond acceptors (Lipinski definition) is 5. The molecule has 8 nitrogen and oxygen atoms in total. The van der Waals surface area contributed by atoms with Gasteiger partial charge in [0.05, 0.1) is 31.0 Å². The van der Waals surface area contributed by atoms with E-state index < -0.39 is 0 Å². The zero-order chi connectivity index (χ0) is 23.6. The second-order valence-electron chi connectivity index (χ2n) is 9.40. The maximum atomic E-state index is 13.2. The number of methoxy groups -OCH3 is 2. The van der Waals surface area contributed by atoms with Crippen LogP contribution in [-0.2, 0) is 5.54 Å². The molecule has 3 rings (SSSR count). The lowest BCUT2D eigenvalue weighted by molar-refractivity contribution is 0.0793. The monoisotopic (exact) mass is 442 g/mol. The molecule has 0 bridgehead atoms. The van der Waals surface area contributed by atoms with E-state index in [1.165, 1.54) is 14.2 Å². The first-order chi connectivity index (χ1) is 15.1. The smallest absolute Gasteiger partial charge is 0.276 e. The highest BCUT2D eigenvalue weighted by Crippen LogP contribution is 2.35. The van der Waals surface area contributed by atoms with Gasteiger partial charge in [0.2, 0.25) is 0 Å². The van der Waals surface area contributed by atoms with Crippen molar-refractivity contribution in [3.05, 3.63) is 35.2 Å². The number of hydrogen-bond donors (Lipinski definition) is 1. The third kappa shape index (κ3) is 4.74. The second-order valence-corrected chi connectivity index (χ2v) is 9.40. The number of rotatable bonds is 6. The summed E-state index contributed by atoms with van der Waals surface area (Å²) in [6.07, 6.45) is 1.95. The standard InChI is InChI=1S/C24H34N4O4/c1-15(2)19-13-18(26-28(19)24(3,4)5)22(29)25-17-14-21(32-7)20(31-6)12-16(17)23(30)27-10-8-9-11-27/h12-15H,8-11H2,1-7H3,(H,25,29). The molecule has 0 aliphatic carbocycles. The number of nitrogens with zero attached hydrogens (tertiary/aromatic N) is 3. The molecule has 8 heteroatoms. The number of carbonyl (C=O) groups excluding carboxylic acids is 2. The third-order valence-corrected chi connectivity index (χ3v) is 5.59. The Hall–Kier alpha value is -3.03. The van der Waals surface area contributed by atoms with Crippen LogP contribution in [0.3, 0.4) is 0 Å². The van der Waals surface area contributed by atoms with E-state index in [2.05, 4.69) is 45.0 Å². The van der Waals surface area contributed by atoms with Gasteiger partial charge in [0, 0.05) is 24.8 Å². The SMILES string of the molecule is COc1cc(NC(=O)c2cc(C(C)C)n(C(C)(C)C)n2)c(C(=O)N2CCCC2)cc1OC. The summed E-state index contributed by atoms with van der Waals surface area (Å²) in [5, 5.41) is 7.47. The van der Waals surface area contributed by atoms with Crippen molar-refractivity contribution in [1.82, 2.24) is 14.7 Å². The van der Waals surface area contributed by atoms with Crippen molar-refractivity contribution >= 4 is 17.5 Å². The van der Waals surface area contributed by atoms with Crippen LogP contribution in [0.5, 0.6) is 11.5 Å². The topological polar surface area (TPSA) is 85.7 Å². The predicted octanol–water partition coefficient (Wildman–Crippen LogP) is 4.27. The fourth-order valence-corrected chi connectivity index (χ4v) is 3.89. The molecule has 1 aliphatic heterocycles. The zero-order valence-electron chi connectivity index (χ0n) is 20.1. The van der Waals surface area contributed by atoms with E-state index in [0.717, 1.165) is 18.5 Å². The largest absolute Gasteiger partial charge is 0.493 e. The van der Waals surface area contributed by atoms with Gasteiger partial charge >= 0.3 is 0 Å². The third-order valence-electron chi connectivity index (χ3n) is 5.59. The van der Waals surface area contributed by atoms with Crippen molar-refractivity contribution in [2.45, 2.75) is 58.9 Å². The summed E-state index contributed by atoms with van der Waals surface area (Å²) < 4.78 is 12.7. The quantitative estimate of drug-likeness (QED) is 0.722. The van der Waals surface area contributed by atoms with Crippen LogP contribution in [0.4, 0.5) is 5.69 Å². The number of carbonyl (C=O) groups is 2. The maximum absolute atomic E-state index is 13.2. The summed E-state index contributed by atoms with van der Waals surface area (Å²) in [5.41, 5.74) is 1.76. The normalized spacial score (nSPS) is 14.1. The Balaban J connectivity index is 2.00. The van der Waals surface area contributed by atoms with Gasteiger partial charge in [0.15, 0.2) is 17.2 Å². The maximum Gasteiger partial charge on any atom is 0.276 e. The Morgan fingerprint density at radius 2 is 1.62 bits per heavy atom. The first kappa shape index (κ1) is 23.6. The average Bonchev–Trinajstić information content (AvgIpc) is 3.42. The van der Waals surface area contributed by atoms with Crippen molar-refractivity contribution < 1.29 is 19.1 Å². The zero-order valence-corrected chi connectivity index (χ0v) is 20.1. The molecule has 2 aromatic rings. The van der Waals surface area contributed by atoms with Gasteiger partial charge < -0.3 is 19.7 Å². The van der Waals surface area contributed by atoms with Crippen LogP contribution in [0.25, 0.3) is 0 Å². The van der Waals surface area contributed by atoms with Crippen LogP contribution < -0.4 is 14.8 Å². The van der Waals surface area contributed by atoms with Crippen molar-refractivity contribution in [2.24, 2.45) is 0 Å². The van der Waals surface area contributed by atoms with Crippen LogP contribution >= 0.6 is 0 Å². The van der Waals surface area contributed by atoms with Crippen LogP contribution in [0.1, 0.15) is 79.9 Å². The van der Waals surface area contributed by atoms with E-state index in [1.807, 2.05) is 10.7 Å². The van der Waals surface area contributed by atoms with E-state index in [-0.39, 0.29) is 23.3 Å². The summed E-state index contributed by atoms with van der Waals surface area (Å²) in [6.45, 7) is 11.7. The van der Waals surface area contributed by atoms with E-state index in [4.69, 9.17) is 9.47 Å². The van der Waals surface area contributed by atoms with Gasteiger partial charge in [0.1, 0.15) is 0 Å². The van der Waals surface area contributed by atoms with Crippen molar-refractivity contribution in [1.29, 1.82) is 0 Å². The lowest BCUT2D eigenvalue weighted by Crippen LogP contribution is -2.29. The Kier molecular flexibility index (Phi) is 6.81. The highest BCUT2D eigenvalue weighted by Gasteiger charge is 2.27. The lowest BCUT2D eigenvalue weighted by Gasteiger charge is -2.23. The molecule has 32 heavy (non-hydrogen) atoms. The van der Waals surface area contributed by atoms with Gasteiger partial charge in [-0.05, 0) is 51.7 Å². The first-order valence-electron chi connectivity index (χ1n) is 11.0. The van der Waals surface area contributed by atoms with Crippen LogP contribution in [0, 0.1) is 0 Å². The molecular formula is C24H34N4O4. The van der Waals surface area contributed by atoms with E-state index in [9.17, 15) is 9.59 Å². The molecule has 1 aliphatic rings. The van der Waals surface area contributed by atoms with Gasteiger partial charge in [-0.3, -0.25) is 14.3 Å². The van der Waals surface area contributed by atoms with Crippen LogP contribution in [0.2, 0.25) is 0 Å². The van der Waals surface area contributed by atoms with E-state index in [1.54, 1.807) is 17.0 Å². The number of likely N-dealkylation sites (tertiary alicyclic amines) is 1. The fraction of sp³-hybridized carbons (Fsp3) is 0.542. The van der Waals surface area contributed by atoms with Crippen molar-refractivity contribution in [3.63, 3.8) is 0 Å². The molecule has 0 spiro atoms. The van der Waals surface area contributed by atoms with Crippen LogP contribution in [-0.4, -0.2) is 53.8 Å². The fourth-order valence-electron chi connectivity index (χ4n) is 3.89. The molecule has 0 unspecified atom stereocenters. The molecule has 1 aromatic carbocycles. The Bertz CT molecular complexity index is 998. The lowest BCUT2D eigenvalue weighted by atomic mass is 10.1. The van der Waals surface area contributed by atoms with Gasteiger partial charge in [0.25, 0.3) is 11.8 Å². The number of anilines is 1. The number of nitrogens with one attached hydrogen (secondary N) is 1. The summed E-state index contributed by atoms with van der Waals surface area (Å²) >= 11 is 0. The van der Waals surface area contributed by atoms with E-state index in [0.29, 0.717) is 41.5 Å². The molecule has 0 saturated carbocycles. The number of ether oxygens (including phenoxy) is 2. The average molecular weight is 443 g/mol. The highest BCUT2D eigenvalue weighted by atomic mass is 16.5. The highest BCUT2D eigenvalue weighted by molar-refractivity contribution is 6.08. The summed E-state index contributed by atoms with van der Waals surface area (Å²) in [7, 11) is 3.04. The Morgan fingerprint density at radius 1 is 1.03 bits per heavy atom. The van der Waals surface area contributed by atoms with Gasteiger partial charge in [-0.1, -0.05) is 13.8 Å². The summed E-state index contributed by atoms with van der Waals surface area (Å²) in [6, 6.07) is 5.07. The minimum Gasteiger partial charge on any atom is -0.493 e. The molecule has 1 saturated heterocycles. The molecule has 0 atom stereocenters. The van der Waals surface area contributed by atoms with Crippen molar-refractivity contribution in [3.8, 4) is 11.5 Å². The second kappa shape index (κ2) is 9.22. The number of amides is 2. The minimum absolute atomic E-state index is 0.137. The molecule has 1 N–H and O–H groups in total. The van der Waals surface area contributed by atoms with Gasteiger partial charge in [-0.25, -0.2) is 0 Å². The summed E-state index contributed by atoms with van der Waals surface area (Å²) in [5.74, 6) is 0.562. The molecular weight excluding hydrogens is 408 g/mol. The van der Waals surface area contributed by atoms with Crippen LogP contribution in [0.15, 0.2) is 18.2 Å². The van der Waals surface area contributed by atoms with E-state index >= 15 is 0 Å². The van der Waals surface area contributed by atoms with Crippen molar-refractivity contribution in [2.75, 3.05) is 32.6 Å². The van der Waals surface area contributed by atoms with Gasteiger partial charge in [-0.15, -0.1) is 0 Å².